The highest BCUT2D eigenvalue weighted by Crippen LogP contribution is 2.31. The number of benzene rings is 2. The van der Waals surface area contributed by atoms with Crippen LogP contribution in [0.5, 0.6) is 5.75 Å². The molecule has 4 rings (SSSR count). The van der Waals surface area contributed by atoms with Gasteiger partial charge in [-0.2, -0.15) is 0 Å². The molecule has 1 atom stereocenters. The number of anilines is 2. The molecular weight excluding hydrogens is 422 g/mol. The number of nitrogens with one attached hydrogen (secondary N) is 2. The van der Waals surface area contributed by atoms with Gasteiger partial charge in [-0.25, -0.2) is 8.42 Å². The minimum absolute atomic E-state index is 0.00811. The van der Waals surface area contributed by atoms with Crippen molar-refractivity contribution in [2.75, 3.05) is 17.2 Å². The summed E-state index contributed by atoms with van der Waals surface area (Å²) in [4.78, 5) is 23.9. The highest BCUT2D eigenvalue weighted by atomic mass is 32.2. The van der Waals surface area contributed by atoms with Crippen LogP contribution in [-0.2, 0) is 19.4 Å². The number of hydrogen-bond acceptors (Lipinski definition) is 7. The maximum Gasteiger partial charge on any atom is 0.262 e. The number of rotatable bonds is 6. The lowest BCUT2D eigenvalue weighted by atomic mass is 10.1. The van der Waals surface area contributed by atoms with Crippen LogP contribution in [0.3, 0.4) is 0 Å². The Labute approximate surface area is 178 Å². The Morgan fingerprint density at radius 3 is 2.68 bits per heavy atom. The van der Waals surface area contributed by atoms with Crippen molar-refractivity contribution in [1.29, 1.82) is 0 Å². The molecule has 1 aromatic heterocycles. The Morgan fingerprint density at radius 1 is 1.19 bits per heavy atom. The molecule has 9 nitrogen and oxygen atoms in total. The smallest absolute Gasteiger partial charge is 0.262 e. The molecule has 1 aliphatic heterocycles. The molecule has 1 aliphatic rings. The molecule has 0 radical (unpaired) electrons. The zero-order valence-electron chi connectivity index (χ0n) is 16.5. The summed E-state index contributed by atoms with van der Waals surface area (Å²) < 4.78 is 36.2. The van der Waals surface area contributed by atoms with E-state index in [1.165, 1.54) is 31.3 Å². The number of amides is 2. The highest BCUT2D eigenvalue weighted by Gasteiger charge is 2.28. The SMILES string of the molecule is C[C@@H](CC(=O)Nc1ccc(-c2ccno2)cc1)S(=O)(=O)c1ccc2c(c1)NC(=O)CO2. The lowest BCUT2D eigenvalue weighted by Crippen LogP contribution is -2.27. The molecule has 0 saturated carbocycles. The van der Waals surface area contributed by atoms with E-state index in [-0.39, 0.29) is 23.8 Å². The number of carbonyl (C=O) groups is 2. The van der Waals surface area contributed by atoms with Crippen LogP contribution in [-0.4, -0.2) is 37.2 Å². The summed E-state index contributed by atoms with van der Waals surface area (Å²) in [6.45, 7) is 1.35. The average molecular weight is 441 g/mol. The Kier molecular flexibility index (Phi) is 5.47. The fourth-order valence-electron chi connectivity index (χ4n) is 3.14. The van der Waals surface area contributed by atoms with Crippen LogP contribution in [0.1, 0.15) is 13.3 Å². The maximum atomic E-state index is 12.9. The molecular formula is C21H19N3O6S. The van der Waals surface area contributed by atoms with Crippen LogP contribution in [0.2, 0.25) is 0 Å². The summed E-state index contributed by atoms with van der Waals surface area (Å²) in [5.74, 6) is 0.212. The summed E-state index contributed by atoms with van der Waals surface area (Å²) in [5, 5.41) is 7.95. The van der Waals surface area contributed by atoms with E-state index in [4.69, 9.17) is 9.26 Å². The summed E-state index contributed by atoms with van der Waals surface area (Å²) in [7, 11) is -3.80. The summed E-state index contributed by atoms with van der Waals surface area (Å²) in [5.41, 5.74) is 1.63. The van der Waals surface area contributed by atoms with Crippen molar-refractivity contribution in [2.45, 2.75) is 23.5 Å². The van der Waals surface area contributed by atoms with Gasteiger partial charge in [0.15, 0.2) is 22.2 Å². The molecule has 0 saturated heterocycles. The molecule has 3 aromatic rings. The van der Waals surface area contributed by atoms with E-state index >= 15 is 0 Å². The van der Waals surface area contributed by atoms with Crippen molar-refractivity contribution in [3.8, 4) is 17.1 Å². The van der Waals surface area contributed by atoms with E-state index in [0.717, 1.165) is 5.56 Å². The molecule has 0 fully saturated rings. The van der Waals surface area contributed by atoms with Crippen LogP contribution in [0.15, 0.2) is 64.1 Å². The zero-order valence-corrected chi connectivity index (χ0v) is 17.3. The first kappa shape index (κ1) is 20.6. The Morgan fingerprint density at radius 2 is 1.97 bits per heavy atom. The number of hydrogen-bond donors (Lipinski definition) is 2. The van der Waals surface area contributed by atoms with Crippen molar-refractivity contribution < 1.29 is 27.3 Å². The molecule has 0 unspecified atom stereocenters. The molecule has 2 amide bonds. The molecule has 10 heteroatoms. The number of carbonyl (C=O) groups excluding carboxylic acids is 2. The summed E-state index contributed by atoms with van der Waals surface area (Å²) in [6, 6.07) is 12.9. The van der Waals surface area contributed by atoms with Gasteiger partial charge in [0.1, 0.15) is 5.75 Å². The van der Waals surface area contributed by atoms with Gasteiger partial charge in [0, 0.05) is 23.7 Å². The van der Waals surface area contributed by atoms with Crippen LogP contribution in [0.4, 0.5) is 11.4 Å². The van der Waals surface area contributed by atoms with Crippen LogP contribution >= 0.6 is 0 Å². The van der Waals surface area contributed by atoms with E-state index in [9.17, 15) is 18.0 Å². The minimum atomic E-state index is -3.80. The minimum Gasteiger partial charge on any atom is -0.482 e. The lowest BCUT2D eigenvalue weighted by molar-refractivity contribution is -0.118. The second kappa shape index (κ2) is 8.23. The molecule has 160 valence electrons. The van der Waals surface area contributed by atoms with Crippen LogP contribution in [0.25, 0.3) is 11.3 Å². The van der Waals surface area contributed by atoms with E-state index in [1.54, 1.807) is 30.3 Å². The van der Waals surface area contributed by atoms with Crippen LogP contribution in [0, 0.1) is 0 Å². The first-order chi connectivity index (χ1) is 14.8. The quantitative estimate of drug-likeness (QED) is 0.602. The van der Waals surface area contributed by atoms with Gasteiger partial charge >= 0.3 is 0 Å². The molecule has 0 bridgehead atoms. The number of fused-ring (bicyclic) bond motifs is 1. The van der Waals surface area contributed by atoms with Gasteiger partial charge in [-0.3, -0.25) is 9.59 Å². The molecule has 0 spiro atoms. The van der Waals surface area contributed by atoms with Crippen LogP contribution < -0.4 is 15.4 Å². The Hall–Kier alpha value is -3.66. The van der Waals surface area contributed by atoms with Crippen molar-refractivity contribution in [3.63, 3.8) is 0 Å². The predicted octanol–water partition coefficient (Wildman–Crippen LogP) is 2.86. The third-order valence-corrected chi connectivity index (χ3v) is 6.94. The van der Waals surface area contributed by atoms with Gasteiger partial charge in [0.05, 0.1) is 22.0 Å². The third kappa shape index (κ3) is 4.43. The van der Waals surface area contributed by atoms with Crippen molar-refractivity contribution in [2.24, 2.45) is 0 Å². The zero-order chi connectivity index (χ0) is 22.0. The topological polar surface area (TPSA) is 128 Å². The largest absolute Gasteiger partial charge is 0.482 e. The molecule has 2 aromatic carbocycles. The molecule has 31 heavy (non-hydrogen) atoms. The van der Waals surface area contributed by atoms with Gasteiger partial charge in [-0.1, -0.05) is 5.16 Å². The van der Waals surface area contributed by atoms with E-state index < -0.39 is 21.0 Å². The summed E-state index contributed by atoms with van der Waals surface area (Å²) >= 11 is 0. The molecule has 2 heterocycles. The van der Waals surface area contributed by atoms with Crippen molar-refractivity contribution in [1.82, 2.24) is 5.16 Å². The van der Waals surface area contributed by atoms with Gasteiger partial charge in [-0.05, 0) is 49.4 Å². The fourth-order valence-corrected chi connectivity index (χ4v) is 4.51. The number of aromatic nitrogens is 1. The van der Waals surface area contributed by atoms with Gasteiger partial charge in [0.2, 0.25) is 5.91 Å². The maximum absolute atomic E-state index is 12.9. The third-order valence-electron chi connectivity index (χ3n) is 4.81. The molecule has 2 N–H and O–H groups in total. The van der Waals surface area contributed by atoms with Gasteiger partial charge in [0.25, 0.3) is 5.91 Å². The second-order valence-corrected chi connectivity index (χ2v) is 9.42. The standard InChI is InChI=1S/C21H19N3O6S/c1-13(31(27,28)16-6-7-19-17(11-16)24-21(26)12-29-19)10-20(25)23-15-4-2-14(3-5-15)18-8-9-22-30-18/h2-9,11,13H,10,12H2,1H3,(H,23,25)(H,24,26)/t13-/m0/s1. The number of ether oxygens (including phenoxy) is 1. The Bertz CT molecular complexity index is 1220. The number of nitrogens with zero attached hydrogens (tertiary/aromatic N) is 1. The highest BCUT2D eigenvalue weighted by molar-refractivity contribution is 7.92. The number of sulfone groups is 1. The van der Waals surface area contributed by atoms with E-state index in [2.05, 4.69) is 15.8 Å². The normalized spacial score (nSPS) is 14.2. The van der Waals surface area contributed by atoms with Crippen molar-refractivity contribution in [3.05, 3.63) is 54.7 Å². The lowest BCUT2D eigenvalue weighted by Gasteiger charge is -2.19. The van der Waals surface area contributed by atoms with E-state index in [1.807, 2.05) is 0 Å². The van der Waals surface area contributed by atoms with E-state index in [0.29, 0.717) is 22.9 Å². The first-order valence-electron chi connectivity index (χ1n) is 9.44. The fraction of sp³-hybridized carbons (Fsp3) is 0.190. The van der Waals surface area contributed by atoms with Crippen molar-refractivity contribution >= 4 is 33.0 Å². The Balaban J connectivity index is 1.42. The predicted molar refractivity (Wildman–Crippen MR) is 112 cm³/mol. The summed E-state index contributed by atoms with van der Waals surface area (Å²) in [6.07, 6.45) is 1.31. The second-order valence-electron chi connectivity index (χ2n) is 7.06. The van der Waals surface area contributed by atoms with Gasteiger partial charge in [-0.15, -0.1) is 0 Å². The molecule has 0 aliphatic carbocycles. The average Bonchev–Trinajstić information content (AvgIpc) is 3.28. The van der Waals surface area contributed by atoms with Gasteiger partial charge < -0.3 is 19.9 Å². The monoisotopic (exact) mass is 441 g/mol. The first-order valence-corrected chi connectivity index (χ1v) is 11.0.